The van der Waals surface area contributed by atoms with Crippen molar-refractivity contribution >= 4 is 11.7 Å². The molecule has 1 fully saturated rings. The SMILES string of the molecule is COCc1ccccc1NC(=O)N1CCC(O)(C(F)(F)F)CC1. The van der Waals surface area contributed by atoms with E-state index in [1.807, 2.05) is 0 Å². The number of anilines is 1. The van der Waals surface area contributed by atoms with Gasteiger partial charge in [-0.1, -0.05) is 18.2 Å². The highest BCUT2D eigenvalue weighted by atomic mass is 19.4. The van der Waals surface area contributed by atoms with E-state index >= 15 is 0 Å². The molecule has 0 radical (unpaired) electrons. The molecule has 1 aliphatic heterocycles. The number of likely N-dealkylation sites (tertiary alicyclic amines) is 1. The van der Waals surface area contributed by atoms with Crippen molar-refractivity contribution in [3.63, 3.8) is 0 Å². The molecule has 0 saturated carbocycles. The number of hydrogen-bond acceptors (Lipinski definition) is 3. The fourth-order valence-corrected chi connectivity index (χ4v) is 2.48. The third-order valence-electron chi connectivity index (χ3n) is 3.96. The number of rotatable bonds is 3. The van der Waals surface area contributed by atoms with Crippen molar-refractivity contribution in [3.8, 4) is 0 Å². The molecular weight excluding hydrogens is 313 g/mol. The van der Waals surface area contributed by atoms with Crippen LogP contribution < -0.4 is 5.32 Å². The Morgan fingerprint density at radius 3 is 2.52 bits per heavy atom. The summed E-state index contributed by atoms with van der Waals surface area (Å²) in [6, 6.07) is 6.54. The van der Waals surface area contributed by atoms with Crippen LogP contribution >= 0.6 is 0 Å². The van der Waals surface area contributed by atoms with Gasteiger partial charge < -0.3 is 20.1 Å². The minimum Gasteiger partial charge on any atom is -0.380 e. The van der Waals surface area contributed by atoms with Crippen LogP contribution in [-0.2, 0) is 11.3 Å². The van der Waals surface area contributed by atoms with E-state index in [2.05, 4.69) is 5.32 Å². The van der Waals surface area contributed by atoms with Crippen molar-refractivity contribution in [1.82, 2.24) is 4.90 Å². The number of urea groups is 1. The Bertz CT molecular complexity index is 555. The van der Waals surface area contributed by atoms with E-state index in [1.165, 1.54) is 12.0 Å². The molecule has 1 saturated heterocycles. The number of aliphatic hydroxyl groups is 1. The number of carbonyl (C=O) groups is 1. The fraction of sp³-hybridized carbons (Fsp3) is 0.533. The van der Waals surface area contributed by atoms with Crippen molar-refractivity contribution < 1.29 is 27.8 Å². The summed E-state index contributed by atoms with van der Waals surface area (Å²) in [6.07, 6.45) is -5.73. The first-order valence-corrected chi connectivity index (χ1v) is 7.19. The molecular formula is C15H19F3N2O3. The lowest BCUT2D eigenvalue weighted by Gasteiger charge is -2.39. The van der Waals surface area contributed by atoms with Crippen LogP contribution in [0, 0.1) is 0 Å². The lowest BCUT2D eigenvalue weighted by molar-refractivity contribution is -0.271. The normalized spacial score (nSPS) is 17.9. The number of piperidine rings is 1. The molecule has 0 spiro atoms. The largest absolute Gasteiger partial charge is 0.417 e. The minimum absolute atomic E-state index is 0.158. The summed E-state index contributed by atoms with van der Waals surface area (Å²) in [4.78, 5) is 13.5. The number of benzene rings is 1. The number of ether oxygens (including phenoxy) is 1. The molecule has 1 aliphatic rings. The van der Waals surface area contributed by atoms with Crippen LogP contribution in [-0.4, -0.2) is 48.0 Å². The molecule has 23 heavy (non-hydrogen) atoms. The van der Waals surface area contributed by atoms with E-state index in [4.69, 9.17) is 4.74 Å². The molecule has 0 unspecified atom stereocenters. The highest BCUT2D eigenvalue weighted by molar-refractivity contribution is 5.90. The van der Waals surface area contributed by atoms with Gasteiger partial charge in [0.1, 0.15) is 0 Å². The summed E-state index contributed by atoms with van der Waals surface area (Å²) in [5.74, 6) is 0. The molecule has 0 atom stereocenters. The summed E-state index contributed by atoms with van der Waals surface area (Å²) in [5, 5.41) is 12.3. The van der Waals surface area contributed by atoms with Gasteiger partial charge in [0.2, 0.25) is 0 Å². The standard InChI is InChI=1S/C15H19F3N2O3/c1-23-10-11-4-2-3-5-12(11)19-13(21)20-8-6-14(22,7-9-20)15(16,17)18/h2-5,22H,6-10H2,1H3,(H,19,21). The predicted octanol–water partition coefficient (Wildman–Crippen LogP) is 2.75. The van der Waals surface area contributed by atoms with E-state index in [1.54, 1.807) is 24.3 Å². The third-order valence-corrected chi connectivity index (χ3v) is 3.96. The van der Waals surface area contributed by atoms with Crippen molar-refractivity contribution in [2.75, 3.05) is 25.5 Å². The Hall–Kier alpha value is -1.80. The third kappa shape index (κ3) is 3.94. The molecule has 2 rings (SSSR count). The van der Waals surface area contributed by atoms with Gasteiger partial charge in [0.25, 0.3) is 0 Å². The molecule has 128 valence electrons. The molecule has 2 N–H and O–H groups in total. The van der Waals surface area contributed by atoms with Gasteiger partial charge in [-0.2, -0.15) is 13.2 Å². The van der Waals surface area contributed by atoms with E-state index in [-0.39, 0.29) is 13.1 Å². The second-order valence-corrected chi connectivity index (χ2v) is 5.54. The molecule has 2 amide bonds. The summed E-state index contributed by atoms with van der Waals surface area (Å²) < 4.78 is 43.3. The Balaban J connectivity index is 1.99. The second kappa shape index (κ2) is 6.76. The monoisotopic (exact) mass is 332 g/mol. The van der Waals surface area contributed by atoms with E-state index in [0.717, 1.165) is 5.56 Å². The van der Waals surface area contributed by atoms with Crippen molar-refractivity contribution in [2.45, 2.75) is 31.2 Å². The van der Waals surface area contributed by atoms with Crippen LogP contribution in [0.15, 0.2) is 24.3 Å². The van der Waals surface area contributed by atoms with E-state index in [0.29, 0.717) is 12.3 Å². The summed E-state index contributed by atoms with van der Waals surface area (Å²) in [6.45, 7) is -0.00709. The average molecular weight is 332 g/mol. The Labute approximate surface area is 132 Å². The number of alkyl halides is 3. The number of carbonyl (C=O) groups excluding carboxylic acids is 1. The van der Waals surface area contributed by atoms with Crippen LogP contribution in [0.2, 0.25) is 0 Å². The number of methoxy groups -OCH3 is 1. The van der Waals surface area contributed by atoms with Crippen LogP contribution in [0.1, 0.15) is 18.4 Å². The van der Waals surface area contributed by atoms with Crippen LogP contribution in [0.4, 0.5) is 23.7 Å². The average Bonchev–Trinajstić information content (AvgIpc) is 2.49. The van der Waals surface area contributed by atoms with Crippen molar-refractivity contribution in [2.24, 2.45) is 0 Å². The zero-order valence-corrected chi connectivity index (χ0v) is 12.7. The molecule has 0 aromatic heterocycles. The molecule has 1 heterocycles. The first-order chi connectivity index (χ1) is 10.8. The molecule has 0 aliphatic carbocycles. The van der Waals surface area contributed by atoms with Gasteiger partial charge in [0, 0.05) is 44.3 Å². The van der Waals surface area contributed by atoms with Gasteiger partial charge >= 0.3 is 12.2 Å². The van der Waals surface area contributed by atoms with Gasteiger partial charge in [-0.3, -0.25) is 0 Å². The van der Waals surface area contributed by atoms with Gasteiger partial charge in [-0.15, -0.1) is 0 Å². The zero-order valence-electron chi connectivity index (χ0n) is 12.7. The molecule has 5 nitrogen and oxygen atoms in total. The number of nitrogens with one attached hydrogen (secondary N) is 1. The van der Waals surface area contributed by atoms with Gasteiger partial charge in [-0.25, -0.2) is 4.79 Å². The maximum absolute atomic E-state index is 12.8. The highest BCUT2D eigenvalue weighted by Gasteiger charge is 2.54. The van der Waals surface area contributed by atoms with Crippen LogP contribution in [0.25, 0.3) is 0 Å². The first kappa shape index (κ1) is 17.6. The molecule has 1 aromatic rings. The van der Waals surface area contributed by atoms with E-state index in [9.17, 15) is 23.1 Å². The number of halogens is 3. The number of amides is 2. The minimum atomic E-state index is -4.68. The Morgan fingerprint density at radius 1 is 1.35 bits per heavy atom. The topological polar surface area (TPSA) is 61.8 Å². The maximum Gasteiger partial charge on any atom is 0.417 e. The number of nitrogens with zero attached hydrogens (tertiary/aromatic N) is 1. The lowest BCUT2D eigenvalue weighted by Crippen LogP contribution is -2.55. The Morgan fingerprint density at radius 2 is 1.96 bits per heavy atom. The van der Waals surface area contributed by atoms with Gasteiger partial charge in [0.05, 0.1) is 6.61 Å². The number of para-hydroxylation sites is 1. The molecule has 8 heteroatoms. The molecule has 0 bridgehead atoms. The quantitative estimate of drug-likeness (QED) is 0.895. The van der Waals surface area contributed by atoms with E-state index < -0.39 is 30.7 Å². The predicted molar refractivity (Wildman–Crippen MR) is 78.0 cm³/mol. The molecule has 1 aromatic carbocycles. The summed E-state index contributed by atoms with van der Waals surface area (Å²) in [5.41, 5.74) is -1.39. The van der Waals surface area contributed by atoms with Crippen molar-refractivity contribution in [1.29, 1.82) is 0 Å². The Kier molecular flexibility index (Phi) is 5.16. The second-order valence-electron chi connectivity index (χ2n) is 5.54. The summed E-state index contributed by atoms with van der Waals surface area (Å²) >= 11 is 0. The first-order valence-electron chi connectivity index (χ1n) is 7.19. The maximum atomic E-state index is 12.8. The highest BCUT2D eigenvalue weighted by Crippen LogP contribution is 2.38. The van der Waals surface area contributed by atoms with Gasteiger partial charge in [0.15, 0.2) is 5.60 Å². The number of hydrogen-bond donors (Lipinski definition) is 2. The van der Waals surface area contributed by atoms with Crippen LogP contribution in [0.5, 0.6) is 0 Å². The van der Waals surface area contributed by atoms with Gasteiger partial charge in [-0.05, 0) is 6.07 Å². The van der Waals surface area contributed by atoms with Crippen molar-refractivity contribution in [3.05, 3.63) is 29.8 Å². The van der Waals surface area contributed by atoms with Crippen LogP contribution in [0.3, 0.4) is 0 Å². The smallest absolute Gasteiger partial charge is 0.380 e. The fourth-order valence-electron chi connectivity index (χ4n) is 2.48. The zero-order chi connectivity index (χ0) is 17.1. The summed E-state index contributed by atoms with van der Waals surface area (Å²) in [7, 11) is 1.53. The lowest BCUT2D eigenvalue weighted by atomic mass is 9.91.